The topological polar surface area (TPSA) is 32.5 Å². The summed E-state index contributed by atoms with van der Waals surface area (Å²) in [6.45, 7) is 6.14. The molecule has 19 heavy (non-hydrogen) atoms. The van der Waals surface area contributed by atoms with E-state index in [0.717, 1.165) is 5.69 Å². The standard InChI is InChI=1S/C16H25N3/c1-18-9-2-10-19(12-11-18)13-16(7-8-16)14-3-5-15(17)6-4-14/h3-6H,2,7-13,17H2,1H3. The summed E-state index contributed by atoms with van der Waals surface area (Å²) >= 11 is 0. The van der Waals surface area contributed by atoms with Gasteiger partial charge in [0.2, 0.25) is 0 Å². The molecule has 0 spiro atoms. The first kappa shape index (κ1) is 12.9. The molecule has 2 N–H and O–H groups in total. The molecule has 0 aromatic heterocycles. The summed E-state index contributed by atoms with van der Waals surface area (Å²) in [6.07, 6.45) is 3.97. The number of hydrogen-bond donors (Lipinski definition) is 1. The molecule has 1 aromatic rings. The first-order chi connectivity index (χ1) is 9.18. The lowest BCUT2D eigenvalue weighted by molar-refractivity contribution is 0.254. The minimum absolute atomic E-state index is 0.427. The van der Waals surface area contributed by atoms with E-state index in [2.05, 4.69) is 29.0 Å². The quantitative estimate of drug-likeness (QED) is 0.842. The Balaban J connectivity index is 1.66. The number of nitrogens with zero attached hydrogens (tertiary/aromatic N) is 2. The van der Waals surface area contributed by atoms with E-state index in [1.165, 1.54) is 57.5 Å². The summed E-state index contributed by atoms with van der Waals surface area (Å²) in [5.74, 6) is 0. The van der Waals surface area contributed by atoms with Crippen LogP contribution in [0.25, 0.3) is 0 Å². The zero-order chi connectivity index (χ0) is 13.3. The monoisotopic (exact) mass is 259 g/mol. The zero-order valence-corrected chi connectivity index (χ0v) is 11.9. The summed E-state index contributed by atoms with van der Waals surface area (Å²) < 4.78 is 0. The lowest BCUT2D eigenvalue weighted by atomic mass is 9.95. The van der Waals surface area contributed by atoms with Crippen molar-refractivity contribution in [2.45, 2.75) is 24.7 Å². The van der Waals surface area contributed by atoms with Crippen LogP contribution in [0.15, 0.2) is 24.3 Å². The Bertz CT molecular complexity index is 422. The average Bonchev–Trinajstić information content (AvgIpc) is 3.19. The van der Waals surface area contributed by atoms with Gasteiger partial charge in [-0.1, -0.05) is 12.1 Å². The molecule has 1 heterocycles. The number of nitrogens with two attached hydrogens (primary N) is 1. The third kappa shape index (κ3) is 2.93. The van der Waals surface area contributed by atoms with Crippen LogP contribution in [0, 0.1) is 0 Å². The molecule has 2 fully saturated rings. The molecule has 0 unspecified atom stereocenters. The smallest absolute Gasteiger partial charge is 0.0314 e. The summed E-state index contributed by atoms with van der Waals surface area (Å²) in [4.78, 5) is 5.11. The highest BCUT2D eigenvalue weighted by atomic mass is 15.2. The van der Waals surface area contributed by atoms with Crippen molar-refractivity contribution in [2.24, 2.45) is 0 Å². The first-order valence-electron chi connectivity index (χ1n) is 7.45. The van der Waals surface area contributed by atoms with Crippen molar-refractivity contribution in [3.8, 4) is 0 Å². The maximum Gasteiger partial charge on any atom is 0.0314 e. The lowest BCUT2D eigenvalue weighted by Crippen LogP contribution is -2.35. The van der Waals surface area contributed by atoms with Crippen molar-refractivity contribution < 1.29 is 0 Å². The van der Waals surface area contributed by atoms with Crippen LogP contribution in [0.2, 0.25) is 0 Å². The highest BCUT2D eigenvalue weighted by Crippen LogP contribution is 2.48. The molecule has 0 radical (unpaired) electrons. The number of benzene rings is 1. The molecule has 0 atom stereocenters. The van der Waals surface area contributed by atoms with Crippen molar-refractivity contribution in [1.82, 2.24) is 9.80 Å². The Morgan fingerprint density at radius 3 is 2.47 bits per heavy atom. The van der Waals surface area contributed by atoms with E-state index in [0.29, 0.717) is 5.41 Å². The van der Waals surface area contributed by atoms with Crippen LogP contribution in [0.3, 0.4) is 0 Å². The summed E-state index contributed by atoms with van der Waals surface area (Å²) in [7, 11) is 2.23. The Hall–Kier alpha value is -1.06. The molecule has 0 amide bonds. The molecular formula is C16H25N3. The van der Waals surface area contributed by atoms with Gasteiger partial charge >= 0.3 is 0 Å². The molecule has 3 rings (SSSR count). The van der Waals surface area contributed by atoms with E-state index in [9.17, 15) is 0 Å². The van der Waals surface area contributed by atoms with E-state index in [1.54, 1.807) is 0 Å². The van der Waals surface area contributed by atoms with Crippen LogP contribution in [0.1, 0.15) is 24.8 Å². The van der Waals surface area contributed by atoms with Crippen LogP contribution in [-0.4, -0.2) is 49.6 Å². The van der Waals surface area contributed by atoms with Gasteiger partial charge in [-0.2, -0.15) is 0 Å². The van der Waals surface area contributed by atoms with E-state index < -0.39 is 0 Å². The largest absolute Gasteiger partial charge is 0.399 e. The van der Waals surface area contributed by atoms with Crippen molar-refractivity contribution in [2.75, 3.05) is 45.5 Å². The Labute approximate surface area is 116 Å². The fourth-order valence-corrected chi connectivity index (χ4v) is 3.21. The van der Waals surface area contributed by atoms with Gasteiger partial charge in [-0.25, -0.2) is 0 Å². The predicted molar refractivity (Wildman–Crippen MR) is 80.3 cm³/mol. The second-order valence-electron chi connectivity index (χ2n) is 6.34. The molecule has 1 saturated heterocycles. The van der Waals surface area contributed by atoms with Crippen LogP contribution in [0.5, 0.6) is 0 Å². The maximum atomic E-state index is 5.79. The third-order valence-corrected chi connectivity index (χ3v) is 4.72. The summed E-state index contributed by atoms with van der Waals surface area (Å²) in [6, 6.07) is 8.55. The fourth-order valence-electron chi connectivity index (χ4n) is 3.21. The maximum absolute atomic E-state index is 5.79. The molecule has 104 valence electrons. The summed E-state index contributed by atoms with van der Waals surface area (Å²) in [5.41, 5.74) is 8.58. The Morgan fingerprint density at radius 1 is 1.05 bits per heavy atom. The Kier molecular flexibility index (Phi) is 3.50. The molecule has 1 saturated carbocycles. The van der Waals surface area contributed by atoms with Gasteiger partial charge in [0.15, 0.2) is 0 Å². The van der Waals surface area contributed by atoms with Gasteiger partial charge < -0.3 is 15.5 Å². The van der Waals surface area contributed by atoms with Gasteiger partial charge in [0.1, 0.15) is 0 Å². The minimum Gasteiger partial charge on any atom is -0.399 e. The molecule has 3 nitrogen and oxygen atoms in total. The van der Waals surface area contributed by atoms with Crippen molar-refractivity contribution >= 4 is 5.69 Å². The molecule has 1 aliphatic heterocycles. The van der Waals surface area contributed by atoms with E-state index in [1.807, 2.05) is 12.1 Å². The lowest BCUT2D eigenvalue weighted by Gasteiger charge is -2.26. The number of anilines is 1. The predicted octanol–water partition coefficient (Wildman–Crippen LogP) is 1.94. The van der Waals surface area contributed by atoms with Crippen LogP contribution < -0.4 is 5.73 Å². The zero-order valence-electron chi connectivity index (χ0n) is 11.9. The highest BCUT2D eigenvalue weighted by molar-refractivity contribution is 5.43. The second kappa shape index (κ2) is 5.14. The van der Waals surface area contributed by atoms with Crippen LogP contribution in [-0.2, 0) is 5.41 Å². The minimum atomic E-state index is 0.427. The van der Waals surface area contributed by atoms with Gasteiger partial charge in [-0.3, -0.25) is 0 Å². The van der Waals surface area contributed by atoms with Gasteiger partial charge in [-0.05, 0) is 57.1 Å². The molecule has 0 bridgehead atoms. The highest BCUT2D eigenvalue weighted by Gasteiger charge is 2.45. The van der Waals surface area contributed by atoms with Crippen molar-refractivity contribution in [3.05, 3.63) is 29.8 Å². The molecule has 3 heteroatoms. The van der Waals surface area contributed by atoms with Gasteiger partial charge in [0, 0.05) is 30.7 Å². The second-order valence-corrected chi connectivity index (χ2v) is 6.34. The average molecular weight is 259 g/mol. The number of likely N-dealkylation sites (N-methyl/N-ethyl adjacent to an activating group) is 1. The number of nitrogen functional groups attached to an aromatic ring is 1. The third-order valence-electron chi connectivity index (χ3n) is 4.72. The SMILES string of the molecule is CN1CCCN(CC2(c3ccc(N)cc3)CC2)CC1. The van der Waals surface area contributed by atoms with E-state index in [4.69, 9.17) is 5.73 Å². The first-order valence-corrected chi connectivity index (χ1v) is 7.45. The van der Waals surface area contributed by atoms with Crippen LogP contribution in [0.4, 0.5) is 5.69 Å². The number of rotatable bonds is 3. The van der Waals surface area contributed by atoms with Crippen molar-refractivity contribution in [3.63, 3.8) is 0 Å². The number of hydrogen-bond acceptors (Lipinski definition) is 3. The Morgan fingerprint density at radius 2 is 1.79 bits per heavy atom. The molecule has 1 aromatic carbocycles. The molecule has 1 aliphatic carbocycles. The van der Waals surface area contributed by atoms with E-state index >= 15 is 0 Å². The molecular weight excluding hydrogens is 234 g/mol. The van der Waals surface area contributed by atoms with Crippen molar-refractivity contribution in [1.29, 1.82) is 0 Å². The normalized spacial score (nSPS) is 24.1. The van der Waals surface area contributed by atoms with Gasteiger partial charge in [0.05, 0.1) is 0 Å². The molecule has 2 aliphatic rings. The van der Waals surface area contributed by atoms with E-state index in [-0.39, 0.29) is 0 Å². The van der Waals surface area contributed by atoms with Gasteiger partial charge in [0.25, 0.3) is 0 Å². The summed E-state index contributed by atoms with van der Waals surface area (Å²) in [5, 5.41) is 0. The van der Waals surface area contributed by atoms with Gasteiger partial charge in [-0.15, -0.1) is 0 Å². The van der Waals surface area contributed by atoms with Crippen LogP contribution >= 0.6 is 0 Å². The fraction of sp³-hybridized carbons (Fsp3) is 0.625.